The summed E-state index contributed by atoms with van der Waals surface area (Å²) >= 11 is 3.11. The van der Waals surface area contributed by atoms with Crippen molar-refractivity contribution in [2.24, 2.45) is 12.2 Å². The molecule has 1 amide bonds. The molecule has 2 aromatic rings. The van der Waals surface area contributed by atoms with Crippen LogP contribution in [0, 0.1) is 0 Å². The second kappa shape index (κ2) is 5.35. The normalized spacial score (nSPS) is 11.3. The predicted molar refractivity (Wildman–Crippen MR) is 76.7 cm³/mol. The number of hydrogen-bond acceptors (Lipinski definition) is 4. The lowest BCUT2D eigenvalue weighted by molar-refractivity contribution is 0.102. The highest BCUT2D eigenvalue weighted by Crippen LogP contribution is 2.24. The Morgan fingerprint density at radius 3 is 2.65 bits per heavy atom. The highest BCUT2D eigenvalue weighted by Gasteiger charge is 2.14. The molecule has 0 atom stereocenters. The van der Waals surface area contributed by atoms with E-state index < -0.39 is 10.0 Å². The molecule has 2 rings (SSSR count). The van der Waals surface area contributed by atoms with Crippen molar-refractivity contribution in [2.45, 2.75) is 4.90 Å². The van der Waals surface area contributed by atoms with Crippen LogP contribution in [0.25, 0.3) is 0 Å². The van der Waals surface area contributed by atoms with E-state index in [1.165, 1.54) is 29.1 Å². The van der Waals surface area contributed by atoms with Crippen LogP contribution in [0.2, 0.25) is 0 Å². The minimum absolute atomic E-state index is 0.0446. The molecular formula is C11H11BrN4O3S. The van der Waals surface area contributed by atoms with Gasteiger partial charge in [-0.1, -0.05) is 0 Å². The van der Waals surface area contributed by atoms with Crippen molar-refractivity contribution in [3.05, 3.63) is 40.6 Å². The first-order valence-corrected chi connectivity index (χ1v) is 7.73. The summed E-state index contributed by atoms with van der Waals surface area (Å²) in [6, 6.07) is 4.24. The zero-order valence-electron chi connectivity index (χ0n) is 10.4. The summed E-state index contributed by atoms with van der Waals surface area (Å²) in [4.78, 5) is 11.9. The van der Waals surface area contributed by atoms with E-state index in [-0.39, 0.29) is 15.3 Å². The number of aromatic nitrogens is 2. The number of anilines is 1. The number of carbonyl (C=O) groups excluding carboxylic acids is 1. The number of nitrogens with two attached hydrogens (primary N) is 1. The SMILES string of the molecule is Cn1cc(C(=O)Nc2ccc(S(N)(=O)=O)c(Br)c2)cn1. The summed E-state index contributed by atoms with van der Waals surface area (Å²) < 4.78 is 24.3. The standard InChI is InChI=1S/C11H11BrN4O3S/c1-16-6-7(5-14-16)11(17)15-8-2-3-10(9(12)4-8)20(13,18)19/h2-6H,1H3,(H,15,17)(H2,13,18,19). The summed E-state index contributed by atoms with van der Waals surface area (Å²) in [6.07, 6.45) is 3.01. The number of primary sulfonamides is 1. The van der Waals surface area contributed by atoms with Crippen molar-refractivity contribution in [3.63, 3.8) is 0 Å². The summed E-state index contributed by atoms with van der Waals surface area (Å²) in [5, 5.41) is 11.6. The lowest BCUT2D eigenvalue weighted by Gasteiger charge is -2.07. The monoisotopic (exact) mass is 358 g/mol. The molecule has 0 aliphatic heterocycles. The molecule has 106 valence electrons. The second-order valence-corrected chi connectivity index (χ2v) is 6.43. The molecule has 0 aliphatic rings. The number of hydrogen-bond donors (Lipinski definition) is 2. The van der Waals surface area contributed by atoms with Gasteiger partial charge in [0.15, 0.2) is 0 Å². The molecule has 0 bridgehead atoms. The summed E-state index contributed by atoms with van der Waals surface area (Å²) in [6.45, 7) is 0. The fourth-order valence-corrected chi connectivity index (χ4v) is 3.20. The first kappa shape index (κ1) is 14.7. The van der Waals surface area contributed by atoms with Crippen LogP contribution in [-0.4, -0.2) is 24.1 Å². The van der Waals surface area contributed by atoms with Crippen LogP contribution < -0.4 is 10.5 Å². The zero-order valence-corrected chi connectivity index (χ0v) is 12.8. The maximum atomic E-state index is 11.9. The van der Waals surface area contributed by atoms with Gasteiger partial charge in [-0.2, -0.15) is 5.10 Å². The van der Waals surface area contributed by atoms with Crippen LogP contribution in [0.3, 0.4) is 0 Å². The van der Waals surface area contributed by atoms with E-state index in [1.54, 1.807) is 13.2 Å². The molecule has 0 radical (unpaired) electrons. The highest BCUT2D eigenvalue weighted by molar-refractivity contribution is 9.10. The maximum absolute atomic E-state index is 11.9. The van der Waals surface area contributed by atoms with Gasteiger partial charge in [0.05, 0.1) is 16.7 Å². The fraction of sp³-hybridized carbons (Fsp3) is 0.0909. The molecule has 0 unspecified atom stereocenters. The fourth-order valence-electron chi connectivity index (χ4n) is 1.55. The van der Waals surface area contributed by atoms with Gasteiger partial charge in [-0.15, -0.1) is 0 Å². The Morgan fingerprint density at radius 1 is 1.45 bits per heavy atom. The molecule has 20 heavy (non-hydrogen) atoms. The van der Waals surface area contributed by atoms with Crippen LogP contribution >= 0.6 is 15.9 Å². The number of nitrogens with zero attached hydrogens (tertiary/aromatic N) is 2. The van der Waals surface area contributed by atoms with Gasteiger partial charge in [0, 0.05) is 23.4 Å². The predicted octanol–water partition coefficient (Wildman–Crippen LogP) is 1.08. The van der Waals surface area contributed by atoms with Crippen LogP contribution in [0.15, 0.2) is 40.0 Å². The average Bonchev–Trinajstić information content (AvgIpc) is 2.74. The van der Waals surface area contributed by atoms with Crippen molar-refractivity contribution in [1.29, 1.82) is 0 Å². The molecule has 1 aromatic heterocycles. The molecule has 7 nitrogen and oxygen atoms in total. The van der Waals surface area contributed by atoms with Crippen molar-refractivity contribution in [2.75, 3.05) is 5.32 Å². The van der Waals surface area contributed by atoms with Gasteiger partial charge in [0.2, 0.25) is 10.0 Å². The van der Waals surface area contributed by atoms with Gasteiger partial charge < -0.3 is 5.32 Å². The second-order valence-electron chi connectivity index (χ2n) is 4.05. The van der Waals surface area contributed by atoms with Crippen molar-refractivity contribution in [1.82, 2.24) is 9.78 Å². The van der Waals surface area contributed by atoms with E-state index in [9.17, 15) is 13.2 Å². The average molecular weight is 359 g/mol. The van der Waals surface area contributed by atoms with Gasteiger partial charge in [-0.25, -0.2) is 13.6 Å². The lowest BCUT2D eigenvalue weighted by atomic mass is 10.3. The quantitative estimate of drug-likeness (QED) is 0.855. The Hall–Kier alpha value is -1.71. The Bertz CT molecular complexity index is 770. The van der Waals surface area contributed by atoms with Gasteiger partial charge in [0.25, 0.3) is 5.91 Å². The van der Waals surface area contributed by atoms with E-state index in [0.29, 0.717) is 11.3 Å². The Labute approximate surface area is 124 Å². The first-order chi connectivity index (χ1) is 9.27. The third-order valence-electron chi connectivity index (χ3n) is 2.46. The lowest BCUT2D eigenvalue weighted by Crippen LogP contribution is -2.14. The summed E-state index contributed by atoms with van der Waals surface area (Å²) in [5.74, 6) is -0.339. The number of sulfonamides is 1. The van der Waals surface area contributed by atoms with Crippen LogP contribution in [0.4, 0.5) is 5.69 Å². The number of nitrogens with one attached hydrogen (secondary N) is 1. The number of benzene rings is 1. The number of rotatable bonds is 3. The molecule has 0 saturated heterocycles. The van der Waals surface area contributed by atoms with Crippen molar-refractivity contribution >= 4 is 37.5 Å². The van der Waals surface area contributed by atoms with E-state index in [1.807, 2.05) is 0 Å². The Morgan fingerprint density at radius 2 is 2.15 bits per heavy atom. The number of aryl methyl sites for hydroxylation is 1. The molecule has 0 fully saturated rings. The van der Waals surface area contributed by atoms with E-state index in [0.717, 1.165) is 0 Å². The maximum Gasteiger partial charge on any atom is 0.258 e. The zero-order chi connectivity index (χ0) is 14.9. The van der Waals surface area contributed by atoms with Crippen LogP contribution in [0.1, 0.15) is 10.4 Å². The number of amides is 1. The van der Waals surface area contributed by atoms with Crippen molar-refractivity contribution in [3.8, 4) is 0 Å². The van der Waals surface area contributed by atoms with E-state index >= 15 is 0 Å². The van der Waals surface area contributed by atoms with Gasteiger partial charge in [-0.05, 0) is 34.1 Å². The van der Waals surface area contributed by atoms with Crippen molar-refractivity contribution < 1.29 is 13.2 Å². The number of halogens is 1. The molecule has 1 aromatic carbocycles. The van der Waals surface area contributed by atoms with Crippen LogP contribution in [-0.2, 0) is 17.1 Å². The minimum Gasteiger partial charge on any atom is -0.322 e. The summed E-state index contributed by atoms with van der Waals surface area (Å²) in [5.41, 5.74) is 0.845. The molecule has 9 heteroatoms. The molecule has 0 aliphatic carbocycles. The van der Waals surface area contributed by atoms with E-state index in [4.69, 9.17) is 5.14 Å². The number of carbonyl (C=O) groups is 1. The smallest absolute Gasteiger partial charge is 0.258 e. The van der Waals surface area contributed by atoms with Gasteiger partial charge in [-0.3, -0.25) is 9.48 Å². The Balaban J connectivity index is 2.23. The largest absolute Gasteiger partial charge is 0.322 e. The first-order valence-electron chi connectivity index (χ1n) is 5.40. The van der Waals surface area contributed by atoms with Gasteiger partial charge >= 0.3 is 0 Å². The van der Waals surface area contributed by atoms with Gasteiger partial charge in [0.1, 0.15) is 0 Å². The Kier molecular flexibility index (Phi) is 3.93. The summed E-state index contributed by atoms with van der Waals surface area (Å²) in [7, 11) is -2.10. The molecule has 1 heterocycles. The molecule has 0 saturated carbocycles. The van der Waals surface area contributed by atoms with E-state index in [2.05, 4.69) is 26.3 Å². The highest BCUT2D eigenvalue weighted by atomic mass is 79.9. The third kappa shape index (κ3) is 3.24. The molecule has 0 spiro atoms. The molecular weight excluding hydrogens is 348 g/mol. The van der Waals surface area contributed by atoms with Crippen LogP contribution in [0.5, 0.6) is 0 Å². The topological polar surface area (TPSA) is 107 Å². The third-order valence-corrected chi connectivity index (χ3v) is 4.35. The minimum atomic E-state index is -3.80. The molecule has 3 N–H and O–H groups in total.